The van der Waals surface area contributed by atoms with Crippen molar-refractivity contribution in [1.82, 2.24) is 10.2 Å². The zero-order valence-electron chi connectivity index (χ0n) is 16.5. The number of nitrogens with one attached hydrogen (secondary N) is 1. The summed E-state index contributed by atoms with van der Waals surface area (Å²) in [5, 5.41) is 2.83. The van der Waals surface area contributed by atoms with Gasteiger partial charge in [0.05, 0.1) is 19.1 Å². The average molecular weight is 398 g/mol. The van der Waals surface area contributed by atoms with E-state index in [4.69, 9.17) is 4.74 Å². The Balaban J connectivity index is 1.81. The number of hydrogen-bond donors (Lipinski definition) is 1. The molecule has 1 aromatic rings. The van der Waals surface area contributed by atoms with E-state index in [1.54, 1.807) is 31.4 Å². The lowest BCUT2D eigenvalue weighted by Crippen LogP contribution is -2.41. The summed E-state index contributed by atoms with van der Waals surface area (Å²) >= 11 is 0. The Morgan fingerprint density at radius 3 is 2.44 bits per heavy atom. The molecular formula is C19H31N3O4S. The Labute approximate surface area is 162 Å². The third-order valence-electron chi connectivity index (χ3n) is 4.90. The van der Waals surface area contributed by atoms with Gasteiger partial charge >= 0.3 is 0 Å². The fourth-order valence-corrected chi connectivity index (χ4v) is 4.01. The van der Waals surface area contributed by atoms with Gasteiger partial charge < -0.3 is 15.0 Å². The lowest BCUT2D eigenvalue weighted by molar-refractivity contribution is -0.119. The molecule has 8 heteroatoms. The van der Waals surface area contributed by atoms with E-state index in [0.29, 0.717) is 18.0 Å². The van der Waals surface area contributed by atoms with Crippen LogP contribution in [0.5, 0.6) is 5.75 Å². The fourth-order valence-electron chi connectivity index (χ4n) is 3.15. The summed E-state index contributed by atoms with van der Waals surface area (Å²) < 4.78 is 30.4. The molecule has 0 unspecified atom stereocenters. The first-order valence-corrected chi connectivity index (χ1v) is 11.2. The number of hydrogen-bond acceptors (Lipinski definition) is 5. The number of benzene rings is 1. The fraction of sp³-hybridized carbons (Fsp3) is 0.632. The standard InChI is InChI=1S/C19H31N3O4S/c1-16-9-13-21(14-10-16)12-4-11-20-19(23)15-22(27(3,24)25)17-5-7-18(26-2)8-6-17/h5-8,16H,4,9-15H2,1-3H3,(H,20,23). The first-order chi connectivity index (χ1) is 12.8. The zero-order valence-corrected chi connectivity index (χ0v) is 17.3. The van der Waals surface area contributed by atoms with Gasteiger partial charge in [-0.05, 0) is 69.1 Å². The summed E-state index contributed by atoms with van der Waals surface area (Å²) in [7, 11) is -2.02. The Hall–Kier alpha value is -1.80. The summed E-state index contributed by atoms with van der Waals surface area (Å²) in [6.45, 7) is 5.80. The van der Waals surface area contributed by atoms with Crippen molar-refractivity contribution in [2.24, 2.45) is 5.92 Å². The highest BCUT2D eigenvalue weighted by atomic mass is 32.2. The molecule has 0 bridgehead atoms. The number of ether oxygens (including phenoxy) is 1. The molecule has 1 aliphatic rings. The predicted octanol–water partition coefficient (Wildman–Crippen LogP) is 1.70. The molecule has 1 N–H and O–H groups in total. The summed E-state index contributed by atoms with van der Waals surface area (Å²) in [5.74, 6) is 1.13. The van der Waals surface area contributed by atoms with E-state index in [1.165, 1.54) is 12.8 Å². The van der Waals surface area contributed by atoms with Crippen LogP contribution < -0.4 is 14.4 Å². The second-order valence-electron chi connectivity index (χ2n) is 7.20. The number of anilines is 1. The number of carbonyl (C=O) groups excluding carboxylic acids is 1. The van der Waals surface area contributed by atoms with Crippen LogP contribution in [0.2, 0.25) is 0 Å². The van der Waals surface area contributed by atoms with E-state index < -0.39 is 10.0 Å². The summed E-state index contributed by atoms with van der Waals surface area (Å²) in [5.41, 5.74) is 0.441. The van der Waals surface area contributed by atoms with E-state index in [9.17, 15) is 13.2 Å². The minimum absolute atomic E-state index is 0.230. The van der Waals surface area contributed by atoms with Gasteiger partial charge in [-0.3, -0.25) is 9.10 Å². The van der Waals surface area contributed by atoms with Crippen molar-refractivity contribution in [2.45, 2.75) is 26.2 Å². The minimum Gasteiger partial charge on any atom is -0.497 e. The van der Waals surface area contributed by atoms with Crippen molar-refractivity contribution in [3.63, 3.8) is 0 Å². The van der Waals surface area contributed by atoms with Crippen molar-refractivity contribution < 1.29 is 17.9 Å². The average Bonchev–Trinajstić information content (AvgIpc) is 2.64. The Morgan fingerprint density at radius 2 is 1.89 bits per heavy atom. The molecule has 7 nitrogen and oxygen atoms in total. The second-order valence-corrected chi connectivity index (χ2v) is 9.10. The van der Waals surface area contributed by atoms with Gasteiger partial charge in [0, 0.05) is 6.54 Å². The highest BCUT2D eigenvalue weighted by molar-refractivity contribution is 7.92. The lowest BCUT2D eigenvalue weighted by atomic mass is 9.99. The van der Waals surface area contributed by atoms with Crippen LogP contribution in [0.25, 0.3) is 0 Å². The molecule has 27 heavy (non-hydrogen) atoms. The van der Waals surface area contributed by atoms with Gasteiger partial charge in [-0.25, -0.2) is 8.42 Å². The predicted molar refractivity (Wildman–Crippen MR) is 108 cm³/mol. The highest BCUT2D eigenvalue weighted by Crippen LogP contribution is 2.21. The molecule has 1 amide bonds. The van der Waals surface area contributed by atoms with E-state index >= 15 is 0 Å². The van der Waals surface area contributed by atoms with E-state index in [2.05, 4.69) is 17.1 Å². The van der Waals surface area contributed by atoms with Gasteiger partial charge in [0.2, 0.25) is 15.9 Å². The van der Waals surface area contributed by atoms with Crippen LogP contribution in [0.15, 0.2) is 24.3 Å². The maximum Gasteiger partial charge on any atom is 0.240 e. The Kier molecular flexibility index (Phi) is 7.91. The van der Waals surface area contributed by atoms with Gasteiger partial charge in [-0.15, -0.1) is 0 Å². The van der Waals surface area contributed by atoms with E-state index in [1.807, 2.05) is 0 Å². The van der Waals surface area contributed by atoms with Gasteiger partial charge in [-0.2, -0.15) is 0 Å². The number of piperidine rings is 1. The Bertz CT molecular complexity index is 698. The monoisotopic (exact) mass is 397 g/mol. The highest BCUT2D eigenvalue weighted by Gasteiger charge is 2.21. The number of carbonyl (C=O) groups is 1. The largest absolute Gasteiger partial charge is 0.497 e. The van der Waals surface area contributed by atoms with Crippen molar-refractivity contribution in [2.75, 3.05) is 50.4 Å². The molecule has 0 spiro atoms. The third-order valence-corrected chi connectivity index (χ3v) is 6.04. The minimum atomic E-state index is -3.56. The molecule has 0 saturated carbocycles. The summed E-state index contributed by atoms with van der Waals surface area (Å²) in [6.07, 6.45) is 4.43. The quantitative estimate of drug-likeness (QED) is 0.642. The molecule has 0 aromatic heterocycles. The first-order valence-electron chi connectivity index (χ1n) is 9.40. The SMILES string of the molecule is COc1ccc(N(CC(=O)NCCCN2CCC(C)CC2)S(C)(=O)=O)cc1. The second kappa shape index (κ2) is 9.94. The molecule has 0 aliphatic carbocycles. The molecule has 152 valence electrons. The lowest BCUT2D eigenvalue weighted by Gasteiger charge is -2.30. The first kappa shape index (κ1) is 21.5. The van der Waals surface area contributed by atoms with Gasteiger partial charge in [-0.1, -0.05) is 6.92 Å². The van der Waals surface area contributed by atoms with E-state index in [0.717, 1.165) is 42.5 Å². The van der Waals surface area contributed by atoms with Crippen molar-refractivity contribution in [3.8, 4) is 5.75 Å². The van der Waals surface area contributed by atoms with Crippen molar-refractivity contribution in [3.05, 3.63) is 24.3 Å². The topological polar surface area (TPSA) is 79.0 Å². The number of likely N-dealkylation sites (tertiary alicyclic amines) is 1. The number of rotatable bonds is 9. The van der Waals surface area contributed by atoms with Gasteiger partial charge in [0.1, 0.15) is 12.3 Å². The normalized spacial score (nSPS) is 16.1. The molecule has 1 fully saturated rings. The Morgan fingerprint density at radius 1 is 1.26 bits per heavy atom. The molecule has 2 rings (SSSR count). The molecule has 1 aromatic carbocycles. The maximum absolute atomic E-state index is 12.2. The van der Waals surface area contributed by atoms with Crippen LogP contribution in [0.4, 0.5) is 5.69 Å². The molecular weight excluding hydrogens is 366 g/mol. The molecule has 0 radical (unpaired) electrons. The van der Waals surface area contributed by atoms with Crippen LogP contribution >= 0.6 is 0 Å². The van der Waals surface area contributed by atoms with Crippen LogP contribution in [0.3, 0.4) is 0 Å². The number of methoxy groups -OCH3 is 1. The zero-order chi connectivity index (χ0) is 19.9. The smallest absolute Gasteiger partial charge is 0.240 e. The van der Waals surface area contributed by atoms with Crippen LogP contribution in [0.1, 0.15) is 26.2 Å². The third kappa shape index (κ3) is 7.03. The van der Waals surface area contributed by atoms with Crippen molar-refractivity contribution >= 4 is 21.6 Å². The molecule has 0 atom stereocenters. The van der Waals surface area contributed by atoms with Gasteiger partial charge in [0.25, 0.3) is 0 Å². The number of nitrogens with zero attached hydrogens (tertiary/aromatic N) is 2. The van der Waals surface area contributed by atoms with Gasteiger partial charge in [0.15, 0.2) is 0 Å². The number of amides is 1. The van der Waals surface area contributed by atoms with Crippen LogP contribution in [0, 0.1) is 5.92 Å². The number of sulfonamides is 1. The summed E-state index contributed by atoms with van der Waals surface area (Å²) in [6, 6.07) is 6.60. The maximum atomic E-state index is 12.2. The molecule has 1 heterocycles. The van der Waals surface area contributed by atoms with Crippen molar-refractivity contribution in [1.29, 1.82) is 0 Å². The molecule has 1 aliphatic heterocycles. The van der Waals surface area contributed by atoms with Crippen LogP contribution in [-0.2, 0) is 14.8 Å². The summed E-state index contributed by atoms with van der Waals surface area (Å²) in [4.78, 5) is 14.7. The van der Waals surface area contributed by atoms with E-state index in [-0.39, 0.29) is 12.5 Å². The van der Waals surface area contributed by atoms with Crippen LogP contribution in [-0.4, -0.2) is 65.3 Å². The molecule has 1 saturated heterocycles.